The van der Waals surface area contributed by atoms with Crippen LogP contribution < -0.4 is 10.6 Å². The molecule has 3 aromatic rings. The van der Waals surface area contributed by atoms with E-state index in [9.17, 15) is 9.59 Å². The molecule has 0 atom stereocenters. The minimum atomic E-state index is -0.177. The van der Waals surface area contributed by atoms with Crippen LogP contribution >= 0.6 is 11.3 Å². The van der Waals surface area contributed by atoms with Crippen LogP contribution in [0.1, 0.15) is 72.1 Å². The van der Waals surface area contributed by atoms with Gasteiger partial charge in [-0.1, -0.05) is 19.3 Å². The van der Waals surface area contributed by atoms with Gasteiger partial charge in [0.25, 0.3) is 5.91 Å². The number of aromatic nitrogens is 3. The van der Waals surface area contributed by atoms with E-state index in [4.69, 9.17) is 4.98 Å². The van der Waals surface area contributed by atoms with Gasteiger partial charge in [-0.05, 0) is 52.7 Å². The zero-order chi connectivity index (χ0) is 23.5. The first-order chi connectivity index (χ1) is 15.8. The molecule has 0 saturated heterocycles. The van der Waals surface area contributed by atoms with Crippen LogP contribution in [0.3, 0.4) is 0 Å². The highest BCUT2D eigenvalue weighted by atomic mass is 32.1. The molecule has 1 fully saturated rings. The van der Waals surface area contributed by atoms with Crippen LogP contribution in [0.5, 0.6) is 0 Å². The normalized spacial score (nSPS) is 14.7. The summed E-state index contributed by atoms with van der Waals surface area (Å²) in [7, 11) is 0. The largest absolute Gasteiger partial charge is 0.354 e. The summed E-state index contributed by atoms with van der Waals surface area (Å²) in [5, 5.41) is 11.2. The van der Waals surface area contributed by atoms with Gasteiger partial charge in [-0.15, -0.1) is 11.3 Å². The molecule has 8 heteroatoms. The van der Waals surface area contributed by atoms with Gasteiger partial charge in [-0.3, -0.25) is 9.59 Å². The molecule has 176 valence electrons. The number of hydrogen-bond acceptors (Lipinski definition) is 5. The molecule has 3 aromatic heterocycles. The molecule has 0 aromatic carbocycles. The summed E-state index contributed by atoms with van der Waals surface area (Å²) in [5.41, 5.74) is 3.09. The predicted molar refractivity (Wildman–Crippen MR) is 133 cm³/mol. The average Bonchev–Trinajstić information content (AvgIpc) is 3.38. The maximum Gasteiger partial charge on any atom is 0.252 e. The van der Waals surface area contributed by atoms with Crippen molar-refractivity contribution in [1.29, 1.82) is 0 Å². The van der Waals surface area contributed by atoms with Crippen LogP contribution in [-0.2, 0) is 4.79 Å². The second-order valence-electron chi connectivity index (χ2n) is 9.18. The van der Waals surface area contributed by atoms with E-state index >= 15 is 0 Å². The fourth-order valence-electron chi connectivity index (χ4n) is 4.57. The zero-order valence-corrected chi connectivity index (χ0v) is 20.7. The number of pyridine rings is 1. The van der Waals surface area contributed by atoms with E-state index < -0.39 is 0 Å². The van der Waals surface area contributed by atoms with Crippen molar-refractivity contribution in [3.8, 4) is 11.3 Å². The first kappa shape index (κ1) is 23.4. The number of amides is 2. The Kier molecular flexibility index (Phi) is 7.12. The van der Waals surface area contributed by atoms with E-state index in [1.807, 2.05) is 10.7 Å². The molecule has 4 rings (SSSR count). The van der Waals surface area contributed by atoms with Gasteiger partial charge >= 0.3 is 0 Å². The number of aryl methyl sites for hydroxylation is 2. The molecule has 0 unspecified atom stereocenters. The number of nitrogens with zero attached hydrogens (tertiary/aromatic N) is 3. The number of rotatable bonds is 7. The van der Waals surface area contributed by atoms with Crippen LogP contribution in [-0.4, -0.2) is 39.7 Å². The third-order valence-corrected chi connectivity index (χ3v) is 7.27. The van der Waals surface area contributed by atoms with Crippen LogP contribution in [0.2, 0.25) is 0 Å². The number of nitrogens with one attached hydrogen (secondary N) is 2. The molecule has 0 spiro atoms. The molecule has 2 amide bonds. The highest BCUT2D eigenvalue weighted by Gasteiger charge is 2.22. The summed E-state index contributed by atoms with van der Waals surface area (Å²) >= 11 is 1.72. The molecule has 1 aliphatic rings. The summed E-state index contributed by atoms with van der Waals surface area (Å²) in [6.45, 7) is 9.06. The predicted octanol–water partition coefficient (Wildman–Crippen LogP) is 4.78. The standard InChI is InChI=1S/C25H33N5O2S/c1-15(2)30-23-21(14-28-30)20(13-22(29-23)19-12-16(3)33-17(19)4)25(32)27-11-10-26-24(31)18-8-6-5-7-9-18/h12-15,18H,5-11H2,1-4H3,(H,26,31)(H,27,32). The lowest BCUT2D eigenvalue weighted by atomic mass is 9.89. The van der Waals surface area contributed by atoms with E-state index in [1.54, 1.807) is 17.5 Å². The van der Waals surface area contributed by atoms with Crippen molar-refractivity contribution in [2.24, 2.45) is 5.92 Å². The van der Waals surface area contributed by atoms with E-state index in [0.29, 0.717) is 24.3 Å². The summed E-state index contributed by atoms with van der Waals surface area (Å²) in [5.74, 6) is 0.0542. The molecule has 0 bridgehead atoms. The molecule has 7 nitrogen and oxygen atoms in total. The molecule has 3 heterocycles. The van der Waals surface area contributed by atoms with Crippen molar-refractivity contribution in [3.63, 3.8) is 0 Å². The number of carbonyl (C=O) groups excluding carboxylic acids is 2. The second kappa shape index (κ2) is 10.0. The molecule has 2 N–H and O–H groups in total. The number of fused-ring (bicyclic) bond motifs is 1. The Balaban J connectivity index is 1.52. The number of carbonyl (C=O) groups is 2. The molecular formula is C25H33N5O2S. The quantitative estimate of drug-likeness (QED) is 0.489. The van der Waals surface area contributed by atoms with Crippen molar-refractivity contribution in [2.45, 2.75) is 65.8 Å². The van der Waals surface area contributed by atoms with E-state index in [1.165, 1.54) is 16.2 Å². The van der Waals surface area contributed by atoms with Gasteiger partial charge in [0.2, 0.25) is 5.91 Å². The average molecular weight is 468 g/mol. The summed E-state index contributed by atoms with van der Waals surface area (Å²) in [4.78, 5) is 32.8. The fourth-order valence-corrected chi connectivity index (χ4v) is 5.51. The summed E-state index contributed by atoms with van der Waals surface area (Å²) in [6, 6.07) is 4.10. The smallest absolute Gasteiger partial charge is 0.252 e. The van der Waals surface area contributed by atoms with Gasteiger partial charge in [0.15, 0.2) is 5.65 Å². The van der Waals surface area contributed by atoms with Crippen molar-refractivity contribution in [1.82, 2.24) is 25.4 Å². The maximum absolute atomic E-state index is 13.2. The highest BCUT2D eigenvalue weighted by molar-refractivity contribution is 7.12. The van der Waals surface area contributed by atoms with Gasteiger partial charge in [0.05, 0.1) is 22.8 Å². The lowest BCUT2D eigenvalue weighted by molar-refractivity contribution is -0.125. The van der Waals surface area contributed by atoms with E-state index in [-0.39, 0.29) is 23.8 Å². The fraction of sp³-hybridized carbons (Fsp3) is 0.520. The Bertz CT molecular complexity index is 1160. The molecule has 1 saturated carbocycles. The first-order valence-electron chi connectivity index (χ1n) is 11.9. The second-order valence-corrected chi connectivity index (χ2v) is 10.6. The zero-order valence-electron chi connectivity index (χ0n) is 19.9. The Hall–Kier alpha value is -2.74. The van der Waals surface area contributed by atoms with Gasteiger partial charge in [0.1, 0.15) is 0 Å². The Morgan fingerprint density at radius 3 is 2.52 bits per heavy atom. The third-order valence-electron chi connectivity index (χ3n) is 6.30. The molecule has 0 aliphatic heterocycles. The van der Waals surface area contributed by atoms with E-state index in [0.717, 1.165) is 42.3 Å². The third kappa shape index (κ3) is 5.11. The van der Waals surface area contributed by atoms with Crippen LogP contribution in [0.15, 0.2) is 18.3 Å². The van der Waals surface area contributed by atoms with Crippen LogP contribution in [0.4, 0.5) is 0 Å². The maximum atomic E-state index is 13.2. The molecule has 0 radical (unpaired) electrons. The van der Waals surface area contributed by atoms with E-state index in [2.05, 4.69) is 49.5 Å². The first-order valence-corrected chi connectivity index (χ1v) is 12.7. The van der Waals surface area contributed by atoms with Crippen molar-refractivity contribution >= 4 is 34.2 Å². The monoisotopic (exact) mass is 467 g/mol. The SMILES string of the molecule is Cc1cc(-c2cc(C(=O)NCCNC(=O)C3CCCCC3)c3cnn(C(C)C)c3n2)c(C)s1. The lowest BCUT2D eigenvalue weighted by Gasteiger charge is -2.20. The number of hydrogen-bond donors (Lipinski definition) is 2. The Morgan fingerprint density at radius 2 is 1.85 bits per heavy atom. The number of thiophene rings is 1. The van der Waals surface area contributed by atoms with Crippen LogP contribution in [0, 0.1) is 19.8 Å². The van der Waals surface area contributed by atoms with Gasteiger partial charge < -0.3 is 10.6 Å². The topological polar surface area (TPSA) is 88.9 Å². The van der Waals surface area contributed by atoms with Crippen molar-refractivity contribution in [2.75, 3.05) is 13.1 Å². The summed E-state index contributed by atoms with van der Waals surface area (Å²) in [6.07, 6.45) is 7.14. The summed E-state index contributed by atoms with van der Waals surface area (Å²) < 4.78 is 1.86. The lowest BCUT2D eigenvalue weighted by Crippen LogP contribution is -2.38. The van der Waals surface area contributed by atoms with Crippen LogP contribution in [0.25, 0.3) is 22.3 Å². The minimum absolute atomic E-state index is 0.110. The Morgan fingerprint density at radius 1 is 1.12 bits per heavy atom. The minimum Gasteiger partial charge on any atom is -0.354 e. The molecular weight excluding hydrogens is 434 g/mol. The highest BCUT2D eigenvalue weighted by Crippen LogP contribution is 2.32. The Labute approximate surface area is 199 Å². The van der Waals surface area contributed by atoms with Crippen molar-refractivity contribution < 1.29 is 9.59 Å². The molecule has 33 heavy (non-hydrogen) atoms. The van der Waals surface area contributed by atoms with Gasteiger partial charge in [-0.2, -0.15) is 5.10 Å². The molecule has 1 aliphatic carbocycles. The van der Waals surface area contributed by atoms with Gasteiger partial charge in [0, 0.05) is 40.4 Å². The van der Waals surface area contributed by atoms with Gasteiger partial charge in [-0.25, -0.2) is 9.67 Å². The van der Waals surface area contributed by atoms with Crippen molar-refractivity contribution in [3.05, 3.63) is 33.6 Å².